The molecule has 0 heterocycles. The van der Waals surface area contributed by atoms with E-state index in [2.05, 4.69) is 5.43 Å². The molecule has 2 aromatic rings. The van der Waals surface area contributed by atoms with Crippen LogP contribution < -0.4 is 5.43 Å². The van der Waals surface area contributed by atoms with Gasteiger partial charge in [-0.05, 0) is 71.9 Å². The highest BCUT2D eigenvalue weighted by atomic mass is 35.5. The first-order valence-corrected chi connectivity index (χ1v) is 11.4. The summed E-state index contributed by atoms with van der Waals surface area (Å²) in [6.45, 7) is 10.3. The molecular formula is C22H27ClN2O5S. The highest BCUT2D eigenvalue weighted by Gasteiger charge is 2.32. The van der Waals surface area contributed by atoms with E-state index < -0.39 is 33.0 Å². The van der Waals surface area contributed by atoms with Gasteiger partial charge in [-0.3, -0.25) is 4.79 Å². The van der Waals surface area contributed by atoms with Gasteiger partial charge in [0.25, 0.3) is 5.91 Å². The van der Waals surface area contributed by atoms with Crippen molar-refractivity contribution in [1.82, 2.24) is 10.4 Å². The number of hydrogen-bond acceptors (Lipinski definition) is 5. The summed E-state index contributed by atoms with van der Waals surface area (Å²) in [5.74, 6) is -0.634. The molecule has 2 rings (SSSR count). The predicted octanol–water partition coefficient (Wildman–Crippen LogP) is 4.85. The molecule has 7 nitrogen and oxygen atoms in total. The first-order chi connectivity index (χ1) is 14.1. The molecule has 0 saturated carbocycles. The van der Waals surface area contributed by atoms with Gasteiger partial charge < -0.3 is 4.74 Å². The first-order valence-electron chi connectivity index (χ1n) is 9.56. The van der Waals surface area contributed by atoms with Crippen LogP contribution in [0.1, 0.15) is 51.9 Å². The highest BCUT2D eigenvalue weighted by molar-refractivity contribution is 7.91. The van der Waals surface area contributed by atoms with Crippen LogP contribution >= 0.6 is 11.6 Å². The van der Waals surface area contributed by atoms with Crippen LogP contribution in [0.4, 0.5) is 4.79 Å². The molecule has 31 heavy (non-hydrogen) atoms. The molecule has 0 aliphatic heterocycles. The van der Waals surface area contributed by atoms with E-state index in [4.69, 9.17) is 16.3 Å². The monoisotopic (exact) mass is 466 g/mol. The Labute approximate surface area is 188 Å². The summed E-state index contributed by atoms with van der Waals surface area (Å²) < 4.78 is 31.2. The largest absolute Gasteiger partial charge is 0.443 e. The molecule has 0 spiro atoms. The fourth-order valence-electron chi connectivity index (χ4n) is 2.62. The molecule has 168 valence electrons. The Bertz CT molecular complexity index is 1070. The fourth-order valence-corrected chi connectivity index (χ4v) is 4.27. The molecule has 0 bridgehead atoms. The van der Waals surface area contributed by atoms with E-state index in [1.54, 1.807) is 59.7 Å². The fraction of sp³-hybridized carbons (Fsp3) is 0.364. The number of hydrogen-bond donors (Lipinski definition) is 1. The Hall–Kier alpha value is -2.58. The molecule has 0 atom stereocenters. The number of sulfone groups is 1. The van der Waals surface area contributed by atoms with Crippen LogP contribution in [-0.2, 0) is 14.6 Å². The zero-order chi connectivity index (χ0) is 23.6. The molecule has 1 N–H and O–H groups in total. The van der Waals surface area contributed by atoms with Crippen molar-refractivity contribution >= 4 is 33.4 Å². The third-order valence-electron chi connectivity index (χ3n) is 3.96. The van der Waals surface area contributed by atoms with Gasteiger partial charge in [0.15, 0.2) is 0 Å². The zero-order valence-electron chi connectivity index (χ0n) is 18.4. The normalized spacial score (nSPS) is 12.2. The van der Waals surface area contributed by atoms with Crippen molar-refractivity contribution in [3.63, 3.8) is 0 Å². The standard InChI is InChI=1S/C22H27ClN2O5S/c1-21(2,3)25(24-20(27)30-22(4,5)6)19(26)15-12-16(23)14-18(13-15)31(28,29)17-10-8-7-9-11-17/h7-14H,1-6H3,(H,24,27). The minimum absolute atomic E-state index is 0.00740. The molecular weight excluding hydrogens is 440 g/mol. The molecule has 0 fully saturated rings. The van der Waals surface area contributed by atoms with E-state index in [1.165, 1.54) is 30.3 Å². The number of rotatable bonds is 3. The van der Waals surface area contributed by atoms with Crippen molar-refractivity contribution in [2.45, 2.75) is 62.5 Å². The quantitative estimate of drug-likeness (QED) is 0.652. The third kappa shape index (κ3) is 6.45. The van der Waals surface area contributed by atoms with Crippen LogP contribution in [0.25, 0.3) is 0 Å². The number of ether oxygens (including phenoxy) is 1. The van der Waals surface area contributed by atoms with Crippen LogP contribution in [0, 0.1) is 0 Å². The Morgan fingerprint density at radius 2 is 1.52 bits per heavy atom. The molecule has 2 aromatic carbocycles. The Kier molecular flexibility index (Phi) is 7.07. The second-order valence-electron chi connectivity index (χ2n) is 8.92. The second-order valence-corrected chi connectivity index (χ2v) is 11.3. The maximum atomic E-state index is 13.3. The van der Waals surface area contributed by atoms with E-state index in [-0.39, 0.29) is 20.4 Å². The van der Waals surface area contributed by atoms with Gasteiger partial charge >= 0.3 is 6.09 Å². The van der Waals surface area contributed by atoms with Crippen LogP contribution in [0.3, 0.4) is 0 Å². The number of nitrogens with one attached hydrogen (secondary N) is 1. The number of carbonyl (C=O) groups is 2. The van der Waals surface area contributed by atoms with Crippen LogP contribution in [0.5, 0.6) is 0 Å². The Morgan fingerprint density at radius 1 is 0.935 bits per heavy atom. The lowest BCUT2D eigenvalue weighted by Gasteiger charge is -2.36. The summed E-state index contributed by atoms with van der Waals surface area (Å²) in [5.41, 5.74) is 0.860. The van der Waals surface area contributed by atoms with Crippen molar-refractivity contribution in [1.29, 1.82) is 0 Å². The van der Waals surface area contributed by atoms with Gasteiger partial charge in [0.05, 0.1) is 15.3 Å². The summed E-state index contributed by atoms with van der Waals surface area (Å²) in [7, 11) is -3.89. The molecule has 0 aromatic heterocycles. The maximum absolute atomic E-state index is 13.3. The molecule has 0 aliphatic rings. The summed E-state index contributed by atoms with van der Waals surface area (Å²) >= 11 is 6.15. The minimum atomic E-state index is -3.89. The summed E-state index contributed by atoms with van der Waals surface area (Å²) in [5, 5.41) is 1.16. The van der Waals surface area contributed by atoms with E-state index in [9.17, 15) is 18.0 Å². The lowest BCUT2D eigenvalue weighted by Crippen LogP contribution is -2.56. The lowest BCUT2D eigenvalue weighted by molar-refractivity contribution is 0.0118. The smallest absolute Gasteiger partial charge is 0.426 e. The molecule has 0 radical (unpaired) electrons. The van der Waals surface area contributed by atoms with Crippen molar-refractivity contribution in [3.05, 3.63) is 59.1 Å². The number of amides is 2. The molecule has 2 amide bonds. The minimum Gasteiger partial charge on any atom is -0.443 e. The van der Waals surface area contributed by atoms with Crippen LogP contribution in [0.15, 0.2) is 58.3 Å². The van der Waals surface area contributed by atoms with E-state index >= 15 is 0 Å². The Balaban J connectivity index is 2.46. The van der Waals surface area contributed by atoms with E-state index in [1.807, 2.05) is 0 Å². The van der Waals surface area contributed by atoms with Crippen molar-refractivity contribution < 1.29 is 22.7 Å². The van der Waals surface area contributed by atoms with E-state index in [0.717, 1.165) is 5.01 Å². The summed E-state index contributed by atoms with van der Waals surface area (Å²) in [6.07, 6.45) is -0.810. The van der Waals surface area contributed by atoms with Crippen molar-refractivity contribution in [2.75, 3.05) is 0 Å². The van der Waals surface area contributed by atoms with Gasteiger partial charge in [0.1, 0.15) is 5.60 Å². The van der Waals surface area contributed by atoms with Gasteiger partial charge in [0, 0.05) is 10.6 Å². The number of nitrogens with zero attached hydrogens (tertiary/aromatic N) is 1. The number of hydrazine groups is 1. The molecule has 0 aliphatic carbocycles. The second kappa shape index (κ2) is 8.88. The topological polar surface area (TPSA) is 92.8 Å². The van der Waals surface area contributed by atoms with E-state index in [0.29, 0.717) is 0 Å². The summed E-state index contributed by atoms with van der Waals surface area (Å²) in [6, 6.07) is 11.7. The average molecular weight is 467 g/mol. The third-order valence-corrected chi connectivity index (χ3v) is 5.93. The van der Waals surface area contributed by atoms with Gasteiger partial charge in [-0.25, -0.2) is 23.6 Å². The van der Waals surface area contributed by atoms with Gasteiger partial charge in [-0.1, -0.05) is 29.8 Å². The number of halogens is 1. The summed E-state index contributed by atoms with van der Waals surface area (Å²) in [4.78, 5) is 25.5. The van der Waals surface area contributed by atoms with Crippen LogP contribution in [0.2, 0.25) is 5.02 Å². The Morgan fingerprint density at radius 3 is 2.03 bits per heavy atom. The van der Waals surface area contributed by atoms with Crippen molar-refractivity contribution in [2.24, 2.45) is 0 Å². The zero-order valence-corrected chi connectivity index (χ0v) is 20.0. The predicted molar refractivity (Wildman–Crippen MR) is 119 cm³/mol. The van der Waals surface area contributed by atoms with Crippen molar-refractivity contribution in [3.8, 4) is 0 Å². The molecule has 9 heteroatoms. The molecule has 0 saturated heterocycles. The highest BCUT2D eigenvalue weighted by Crippen LogP contribution is 2.27. The SMILES string of the molecule is CC(C)(C)OC(=O)NN(C(=O)c1cc(Cl)cc(S(=O)(=O)c2ccccc2)c1)C(C)(C)C. The number of benzene rings is 2. The molecule has 0 unspecified atom stereocenters. The maximum Gasteiger partial charge on any atom is 0.426 e. The van der Waals surface area contributed by atoms with Gasteiger partial charge in [0.2, 0.25) is 9.84 Å². The van der Waals surface area contributed by atoms with Gasteiger partial charge in [-0.15, -0.1) is 0 Å². The number of carbonyl (C=O) groups excluding carboxylic acids is 2. The van der Waals surface area contributed by atoms with Gasteiger partial charge in [-0.2, -0.15) is 0 Å². The first kappa shape index (κ1) is 24.7. The average Bonchev–Trinajstić information content (AvgIpc) is 2.63. The lowest BCUT2D eigenvalue weighted by atomic mass is 10.1. The van der Waals surface area contributed by atoms with Crippen LogP contribution in [-0.4, -0.2) is 36.6 Å².